The lowest BCUT2D eigenvalue weighted by Crippen LogP contribution is -2.53. The van der Waals surface area contributed by atoms with Gasteiger partial charge in [0, 0.05) is 25.2 Å². The summed E-state index contributed by atoms with van der Waals surface area (Å²) in [4.78, 5) is 44.4. The molecule has 0 bridgehead atoms. The van der Waals surface area contributed by atoms with Gasteiger partial charge >= 0.3 is 6.09 Å². The molecule has 9 heteroatoms. The molecular weight excluding hydrogens is 446 g/mol. The molecule has 190 valence electrons. The van der Waals surface area contributed by atoms with E-state index in [0.717, 1.165) is 5.56 Å². The van der Waals surface area contributed by atoms with Crippen LogP contribution in [0.25, 0.3) is 11.4 Å². The van der Waals surface area contributed by atoms with Gasteiger partial charge < -0.3 is 25.2 Å². The molecule has 2 heterocycles. The Hall–Kier alpha value is -3.36. The van der Waals surface area contributed by atoms with Crippen LogP contribution in [0.5, 0.6) is 0 Å². The molecule has 1 aliphatic heterocycles. The molecule has 0 fully saturated rings. The van der Waals surface area contributed by atoms with Crippen LogP contribution in [0, 0.1) is 10.8 Å². The second-order valence-corrected chi connectivity index (χ2v) is 11.2. The number of benzene rings is 1. The molecule has 0 saturated heterocycles. The molecule has 1 aromatic heterocycles. The van der Waals surface area contributed by atoms with Crippen LogP contribution in [0.15, 0.2) is 30.3 Å². The average Bonchev–Trinajstić information content (AvgIpc) is 3.00. The first-order chi connectivity index (χ1) is 16.3. The second kappa shape index (κ2) is 9.71. The monoisotopic (exact) mass is 483 g/mol. The Morgan fingerprint density at radius 2 is 1.71 bits per heavy atom. The Balaban J connectivity index is 2.22. The van der Waals surface area contributed by atoms with Gasteiger partial charge in [-0.25, -0.2) is 9.78 Å². The number of fused-ring (bicyclic) bond motifs is 1. The molecular formula is C26H37N5O4. The van der Waals surface area contributed by atoms with Crippen molar-refractivity contribution in [2.24, 2.45) is 10.8 Å². The van der Waals surface area contributed by atoms with Crippen molar-refractivity contribution in [1.82, 2.24) is 25.1 Å². The first-order valence-corrected chi connectivity index (χ1v) is 11.9. The van der Waals surface area contributed by atoms with Crippen molar-refractivity contribution in [2.45, 2.75) is 66.6 Å². The first-order valence-electron chi connectivity index (χ1n) is 11.9. The summed E-state index contributed by atoms with van der Waals surface area (Å²) < 4.78 is 2.04. The minimum absolute atomic E-state index is 0.0324. The third kappa shape index (κ3) is 5.49. The van der Waals surface area contributed by atoms with Crippen LogP contribution >= 0.6 is 0 Å². The smallest absolute Gasteiger partial charge is 0.407 e. The Morgan fingerprint density at radius 1 is 1.09 bits per heavy atom. The number of aromatic nitrogens is 2. The zero-order valence-electron chi connectivity index (χ0n) is 21.7. The van der Waals surface area contributed by atoms with Gasteiger partial charge in [-0.1, -0.05) is 71.9 Å². The highest BCUT2D eigenvalue weighted by Gasteiger charge is 2.39. The topological polar surface area (TPSA) is 117 Å². The van der Waals surface area contributed by atoms with E-state index in [9.17, 15) is 19.5 Å². The van der Waals surface area contributed by atoms with E-state index in [2.05, 4.69) is 31.4 Å². The summed E-state index contributed by atoms with van der Waals surface area (Å²) in [7, 11) is 1.53. The number of imidazole rings is 1. The zero-order valence-corrected chi connectivity index (χ0v) is 21.7. The number of carbonyl (C=O) groups excluding carboxylic acids is 2. The van der Waals surface area contributed by atoms with Crippen molar-refractivity contribution in [3.63, 3.8) is 0 Å². The summed E-state index contributed by atoms with van der Waals surface area (Å²) in [5, 5.41) is 15.3. The van der Waals surface area contributed by atoms with Crippen molar-refractivity contribution in [3.8, 4) is 11.4 Å². The lowest BCUT2D eigenvalue weighted by atomic mass is 9.84. The Kier molecular flexibility index (Phi) is 7.29. The number of nitrogens with one attached hydrogen (secondary N) is 2. The van der Waals surface area contributed by atoms with Crippen molar-refractivity contribution in [1.29, 1.82) is 0 Å². The van der Waals surface area contributed by atoms with Gasteiger partial charge in [0.15, 0.2) is 5.69 Å². The molecule has 35 heavy (non-hydrogen) atoms. The van der Waals surface area contributed by atoms with Crippen LogP contribution < -0.4 is 10.6 Å². The third-order valence-corrected chi connectivity index (χ3v) is 6.50. The van der Waals surface area contributed by atoms with Gasteiger partial charge in [0.05, 0.1) is 12.2 Å². The van der Waals surface area contributed by atoms with E-state index in [1.54, 1.807) is 0 Å². The Morgan fingerprint density at radius 3 is 2.23 bits per heavy atom. The fourth-order valence-electron chi connectivity index (χ4n) is 4.60. The SMILES string of the molecule is CNC(=O)C(NC(=O)c1nc(-c2ccccc2)n2c1CN(C(=O)O)CC[C@H]2C(C)(C)C)C(C)(C)C. The van der Waals surface area contributed by atoms with Crippen LogP contribution in [0.2, 0.25) is 0 Å². The number of carbonyl (C=O) groups is 3. The van der Waals surface area contributed by atoms with Gasteiger partial charge in [0.25, 0.3) is 5.91 Å². The van der Waals surface area contributed by atoms with Gasteiger partial charge in [-0.3, -0.25) is 9.59 Å². The van der Waals surface area contributed by atoms with Crippen LogP contribution in [0.3, 0.4) is 0 Å². The van der Waals surface area contributed by atoms with E-state index in [1.807, 2.05) is 55.7 Å². The van der Waals surface area contributed by atoms with Gasteiger partial charge in [0.1, 0.15) is 11.9 Å². The summed E-state index contributed by atoms with van der Waals surface area (Å²) in [5.74, 6) is -0.191. The highest BCUT2D eigenvalue weighted by molar-refractivity contribution is 5.98. The van der Waals surface area contributed by atoms with E-state index in [4.69, 9.17) is 4.98 Å². The summed E-state index contributed by atoms with van der Waals surface area (Å²) in [5.41, 5.74) is 0.743. The van der Waals surface area contributed by atoms with E-state index in [-0.39, 0.29) is 29.6 Å². The third-order valence-electron chi connectivity index (χ3n) is 6.50. The highest BCUT2D eigenvalue weighted by atomic mass is 16.4. The number of hydrogen-bond donors (Lipinski definition) is 3. The Labute approximate surface area is 206 Å². The van der Waals surface area contributed by atoms with Gasteiger partial charge in [-0.15, -0.1) is 0 Å². The molecule has 1 unspecified atom stereocenters. The first kappa shape index (κ1) is 26.2. The van der Waals surface area contributed by atoms with E-state index in [1.165, 1.54) is 11.9 Å². The minimum atomic E-state index is -1.04. The molecule has 3 N–H and O–H groups in total. The molecule has 3 amide bonds. The number of amides is 3. The zero-order chi connectivity index (χ0) is 26.1. The molecule has 3 rings (SSSR count). The van der Waals surface area contributed by atoms with E-state index in [0.29, 0.717) is 24.5 Å². The number of likely N-dealkylation sites (N-methyl/N-ethyl adjacent to an activating group) is 1. The fourth-order valence-corrected chi connectivity index (χ4v) is 4.60. The Bertz CT molecular complexity index is 1100. The molecule has 0 spiro atoms. The molecule has 0 radical (unpaired) electrons. The standard InChI is InChI=1S/C26H37N5O4/c1-25(2,3)18-13-14-30(24(34)35)15-17-19(22(32)29-20(23(33)27-7)26(4,5)6)28-21(31(17)18)16-11-9-8-10-12-16/h8-12,18,20H,13-15H2,1-7H3,(H,27,33)(H,29,32)(H,34,35)/t18-,20?/m0/s1. The number of nitrogens with zero attached hydrogens (tertiary/aromatic N) is 3. The van der Waals surface area contributed by atoms with Gasteiger partial charge in [-0.2, -0.15) is 0 Å². The normalized spacial score (nSPS) is 17.2. The molecule has 9 nitrogen and oxygen atoms in total. The summed E-state index contributed by atoms with van der Waals surface area (Å²) in [6, 6.07) is 8.70. The van der Waals surface area contributed by atoms with Crippen molar-refractivity contribution < 1.29 is 19.5 Å². The van der Waals surface area contributed by atoms with Crippen LogP contribution in [0.4, 0.5) is 4.79 Å². The molecule has 1 aliphatic rings. The molecule has 1 aromatic carbocycles. The average molecular weight is 484 g/mol. The summed E-state index contributed by atoms with van der Waals surface area (Å²) in [6.45, 7) is 12.3. The van der Waals surface area contributed by atoms with Crippen molar-refractivity contribution in [2.75, 3.05) is 13.6 Å². The second-order valence-electron chi connectivity index (χ2n) is 11.2. The van der Waals surface area contributed by atoms with Crippen LogP contribution in [-0.2, 0) is 11.3 Å². The highest BCUT2D eigenvalue weighted by Crippen LogP contribution is 2.41. The number of carboxylic acid groups (broad SMARTS) is 1. The molecule has 0 saturated carbocycles. The maximum atomic E-state index is 13.7. The van der Waals surface area contributed by atoms with Crippen LogP contribution in [0.1, 0.15) is 70.2 Å². The fraction of sp³-hybridized carbons (Fsp3) is 0.538. The summed E-state index contributed by atoms with van der Waals surface area (Å²) >= 11 is 0. The van der Waals surface area contributed by atoms with Crippen molar-refractivity contribution in [3.05, 3.63) is 41.7 Å². The molecule has 2 aromatic rings. The number of rotatable bonds is 4. The summed E-state index contributed by atoms with van der Waals surface area (Å²) in [6.07, 6.45) is -0.457. The minimum Gasteiger partial charge on any atom is -0.465 e. The lowest BCUT2D eigenvalue weighted by Gasteiger charge is -2.33. The van der Waals surface area contributed by atoms with Gasteiger partial charge in [-0.05, 0) is 17.3 Å². The predicted octanol–water partition coefficient (Wildman–Crippen LogP) is 3.91. The van der Waals surface area contributed by atoms with E-state index < -0.39 is 23.5 Å². The quantitative estimate of drug-likeness (QED) is 0.610. The number of hydrogen-bond acceptors (Lipinski definition) is 4. The maximum absolute atomic E-state index is 13.7. The molecule has 2 atom stereocenters. The van der Waals surface area contributed by atoms with Crippen LogP contribution in [-0.4, -0.2) is 57.1 Å². The maximum Gasteiger partial charge on any atom is 0.407 e. The predicted molar refractivity (Wildman–Crippen MR) is 134 cm³/mol. The van der Waals surface area contributed by atoms with Crippen molar-refractivity contribution >= 4 is 17.9 Å². The molecule has 0 aliphatic carbocycles. The van der Waals surface area contributed by atoms with E-state index >= 15 is 0 Å². The van der Waals surface area contributed by atoms with Gasteiger partial charge in [0.2, 0.25) is 5.91 Å². The lowest BCUT2D eigenvalue weighted by molar-refractivity contribution is -0.124. The largest absolute Gasteiger partial charge is 0.465 e.